The molecule has 2 N–H and O–H groups in total. The third-order valence-electron chi connectivity index (χ3n) is 6.79. The summed E-state index contributed by atoms with van der Waals surface area (Å²) in [4.78, 5) is 26.8. The molecule has 2 atom stereocenters. The lowest BCUT2D eigenvalue weighted by Crippen LogP contribution is -2.53. The van der Waals surface area contributed by atoms with Crippen LogP contribution in [0, 0.1) is 11.7 Å². The third kappa shape index (κ3) is 9.01. The van der Waals surface area contributed by atoms with Crippen molar-refractivity contribution in [2.24, 2.45) is 5.92 Å². The van der Waals surface area contributed by atoms with Crippen molar-refractivity contribution in [1.29, 1.82) is 0 Å². The Labute approximate surface area is 239 Å². The molecule has 9 heteroatoms. The van der Waals surface area contributed by atoms with Crippen LogP contribution in [-0.4, -0.2) is 48.8 Å². The molecule has 3 aromatic rings. The quantitative estimate of drug-likeness (QED) is 0.315. The number of hydrogen-bond acceptors (Lipinski definition) is 5. The number of alkyl halides is 1. The number of hydrogen-bond donors (Lipinski definition) is 2. The maximum Gasteiger partial charge on any atom is 0.410 e. The van der Waals surface area contributed by atoms with E-state index in [0.29, 0.717) is 31.2 Å². The van der Waals surface area contributed by atoms with Gasteiger partial charge in [0.25, 0.3) is 5.91 Å². The van der Waals surface area contributed by atoms with Gasteiger partial charge >= 0.3 is 6.09 Å². The fourth-order valence-corrected chi connectivity index (χ4v) is 4.51. The van der Waals surface area contributed by atoms with Crippen molar-refractivity contribution in [3.63, 3.8) is 0 Å². The van der Waals surface area contributed by atoms with Gasteiger partial charge in [0, 0.05) is 25.2 Å². The van der Waals surface area contributed by atoms with Crippen molar-refractivity contribution in [1.82, 2.24) is 15.5 Å². The molecule has 7 nitrogen and oxygen atoms in total. The highest BCUT2D eigenvalue weighted by Crippen LogP contribution is 2.19. The standard InChI is InChI=1S/C32H37F2N3O4/c1-22(2)20-40-27-12-8-23(9-13-27)17-35-18-25-10-11-26(33)16-28(25)31(38)36-30-14-15-37(19-29(30)34)32(39)41-21-24-6-4-3-5-7-24/h3-13,16,22,29-30,35H,14-15,17-21H2,1-2H3,(H,36,38). The summed E-state index contributed by atoms with van der Waals surface area (Å²) in [6.07, 6.45) is -1.87. The molecule has 0 radical (unpaired) electrons. The largest absolute Gasteiger partial charge is 0.493 e. The molecule has 0 bridgehead atoms. The van der Waals surface area contributed by atoms with Gasteiger partial charge in [-0.05, 0) is 53.3 Å². The van der Waals surface area contributed by atoms with Gasteiger partial charge in [-0.2, -0.15) is 0 Å². The van der Waals surface area contributed by atoms with Crippen molar-refractivity contribution in [2.45, 2.75) is 52.2 Å². The van der Waals surface area contributed by atoms with Gasteiger partial charge in [0.05, 0.1) is 19.2 Å². The molecule has 3 aromatic carbocycles. The zero-order chi connectivity index (χ0) is 29.2. The molecule has 218 valence electrons. The molecule has 1 saturated heterocycles. The van der Waals surface area contributed by atoms with Crippen LogP contribution in [-0.2, 0) is 24.4 Å². The van der Waals surface area contributed by atoms with Gasteiger partial charge in [-0.25, -0.2) is 13.6 Å². The number of carbonyl (C=O) groups is 2. The van der Waals surface area contributed by atoms with Crippen molar-refractivity contribution in [2.75, 3.05) is 19.7 Å². The van der Waals surface area contributed by atoms with Crippen LogP contribution in [0.4, 0.5) is 13.6 Å². The Hall–Kier alpha value is -3.98. The van der Waals surface area contributed by atoms with Gasteiger partial charge in [-0.1, -0.05) is 62.4 Å². The molecular formula is C32H37F2N3O4. The summed E-state index contributed by atoms with van der Waals surface area (Å²) in [7, 11) is 0. The minimum atomic E-state index is -1.49. The minimum absolute atomic E-state index is 0.0989. The Balaban J connectivity index is 1.27. The van der Waals surface area contributed by atoms with Crippen LogP contribution in [0.5, 0.6) is 5.75 Å². The molecule has 1 aliphatic rings. The van der Waals surface area contributed by atoms with Gasteiger partial charge < -0.3 is 25.0 Å². The normalized spacial score (nSPS) is 16.9. The van der Waals surface area contributed by atoms with E-state index in [1.165, 1.54) is 11.0 Å². The van der Waals surface area contributed by atoms with Gasteiger partial charge in [-0.3, -0.25) is 4.79 Å². The number of amides is 2. The first-order chi connectivity index (χ1) is 19.8. The first-order valence-electron chi connectivity index (χ1n) is 13.9. The molecule has 0 spiro atoms. The number of halogens is 2. The summed E-state index contributed by atoms with van der Waals surface area (Å²) in [5.74, 6) is 0.140. The number of nitrogens with zero attached hydrogens (tertiary/aromatic N) is 1. The van der Waals surface area contributed by atoms with Crippen LogP contribution in [0.1, 0.15) is 47.3 Å². The maximum atomic E-state index is 15.0. The fraction of sp³-hybridized carbons (Fsp3) is 0.375. The van der Waals surface area contributed by atoms with Crippen LogP contribution in [0.15, 0.2) is 72.8 Å². The zero-order valence-electron chi connectivity index (χ0n) is 23.4. The van der Waals surface area contributed by atoms with E-state index in [9.17, 15) is 14.0 Å². The van der Waals surface area contributed by atoms with Crippen LogP contribution >= 0.6 is 0 Å². The maximum absolute atomic E-state index is 15.0. The van der Waals surface area contributed by atoms with Crippen molar-refractivity contribution in [3.05, 3.63) is 101 Å². The topological polar surface area (TPSA) is 79.9 Å². The number of nitrogens with one attached hydrogen (secondary N) is 2. The predicted octanol–water partition coefficient (Wildman–Crippen LogP) is 5.63. The van der Waals surface area contributed by atoms with Gasteiger partial charge in [-0.15, -0.1) is 0 Å². The molecule has 0 aromatic heterocycles. The Morgan fingerprint density at radius 1 is 1.00 bits per heavy atom. The van der Waals surface area contributed by atoms with Crippen LogP contribution < -0.4 is 15.4 Å². The number of benzene rings is 3. The average Bonchev–Trinajstić information content (AvgIpc) is 2.97. The van der Waals surface area contributed by atoms with Crippen molar-refractivity contribution < 1.29 is 27.8 Å². The Morgan fingerprint density at radius 2 is 1.76 bits per heavy atom. The molecule has 2 amide bonds. The second-order valence-electron chi connectivity index (χ2n) is 10.6. The van der Waals surface area contributed by atoms with E-state index in [2.05, 4.69) is 24.5 Å². The van der Waals surface area contributed by atoms with Crippen molar-refractivity contribution >= 4 is 12.0 Å². The molecule has 41 heavy (non-hydrogen) atoms. The van der Waals surface area contributed by atoms with Crippen LogP contribution in [0.2, 0.25) is 0 Å². The summed E-state index contributed by atoms with van der Waals surface area (Å²) in [5, 5.41) is 5.98. The number of carbonyl (C=O) groups excluding carboxylic acids is 2. The molecule has 1 aliphatic heterocycles. The van der Waals surface area contributed by atoms with Gasteiger partial charge in [0.15, 0.2) is 0 Å². The lowest BCUT2D eigenvalue weighted by atomic mass is 10.0. The Morgan fingerprint density at radius 3 is 2.46 bits per heavy atom. The number of ether oxygens (including phenoxy) is 2. The third-order valence-corrected chi connectivity index (χ3v) is 6.79. The van der Waals surface area contributed by atoms with E-state index >= 15 is 4.39 Å². The first kappa shape index (κ1) is 30.0. The zero-order valence-corrected chi connectivity index (χ0v) is 23.4. The minimum Gasteiger partial charge on any atom is -0.493 e. The number of likely N-dealkylation sites (tertiary alicyclic amines) is 1. The molecule has 0 aliphatic carbocycles. The summed E-state index contributed by atoms with van der Waals surface area (Å²) in [6, 6.07) is 20.2. The van der Waals surface area contributed by atoms with Crippen molar-refractivity contribution in [3.8, 4) is 5.75 Å². The fourth-order valence-electron chi connectivity index (χ4n) is 4.51. The van der Waals surface area contributed by atoms with E-state index in [0.717, 1.165) is 22.9 Å². The van der Waals surface area contributed by atoms with Crippen LogP contribution in [0.3, 0.4) is 0 Å². The number of piperidine rings is 1. The summed E-state index contributed by atoms with van der Waals surface area (Å²) in [5.41, 5.74) is 2.61. The highest BCUT2D eigenvalue weighted by molar-refractivity contribution is 5.96. The van der Waals surface area contributed by atoms with E-state index in [1.54, 1.807) is 6.07 Å². The molecule has 4 rings (SSSR count). The van der Waals surface area contributed by atoms with E-state index in [4.69, 9.17) is 9.47 Å². The van der Waals surface area contributed by atoms with E-state index in [1.807, 2.05) is 54.6 Å². The summed E-state index contributed by atoms with van der Waals surface area (Å²) < 4.78 is 40.1. The molecule has 2 unspecified atom stereocenters. The van der Waals surface area contributed by atoms with Crippen LogP contribution in [0.25, 0.3) is 0 Å². The number of rotatable bonds is 11. The van der Waals surface area contributed by atoms with Gasteiger partial charge in [0.2, 0.25) is 0 Å². The Bertz CT molecular complexity index is 1290. The second-order valence-corrected chi connectivity index (χ2v) is 10.6. The smallest absolute Gasteiger partial charge is 0.410 e. The van der Waals surface area contributed by atoms with E-state index in [-0.39, 0.29) is 31.7 Å². The average molecular weight is 566 g/mol. The lowest BCUT2D eigenvalue weighted by Gasteiger charge is -2.34. The molecule has 1 fully saturated rings. The highest BCUT2D eigenvalue weighted by atomic mass is 19.1. The molecule has 0 saturated carbocycles. The lowest BCUT2D eigenvalue weighted by molar-refractivity contribution is 0.0576. The monoisotopic (exact) mass is 565 g/mol. The predicted molar refractivity (Wildman–Crippen MR) is 153 cm³/mol. The summed E-state index contributed by atoms with van der Waals surface area (Å²) in [6.45, 7) is 5.82. The van der Waals surface area contributed by atoms with Gasteiger partial charge in [0.1, 0.15) is 24.3 Å². The summed E-state index contributed by atoms with van der Waals surface area (Å²) >= 11 is 0. The Kier molecular flexibility index (Phi) is 10.7. The highest BCUT2D eigenvalue weighted by Gasteiger charge is 2.33. The first-order valence-corrected chi connectivity index (χ1v) is 13.9. The molecular weight excluding hydrogens is 528 g/mol. The molecule has 1 heterocycles. The van der Waals surface area contributed by atoms with E-state index < -0.39 is 30.0 Å². The SMILES string of the molecule is CC(C)COc1ccc(CNCc2ccc(F)cc2C(=O)NC2CCN(C(=O)OCc3ccccc3)CC2F)cc1. The second kappa shape index (κ2) is 14.6.